The average molecular weight is 630 g/mol. The van der Waals surface area contributed by atoms with Gasteiger partial charge in [0.05, 0.1) is 7.14 Å². The molecule has 0 atom stereocenters. The summed E-state index contributed by atoms with van der Waals surface area (Å²) in [5.74, 6) is 0.329. The molecule has 0 fully saturated rings. The van der Waals surface area contributed by atoms with Crippen molar-refractivity contribution in [3.63, 3.8) is 0 Å². The third-order valence-electron chi connectivity index (χ3n) is 1.19. The van der Waals surface area contributed by atoms with Gasteiger partial charge < -0.3 is 5.11 Å². The van der Waals surface area contributed by atoms with Gasteiger partial charge in [0.1, 0.15) is 5.75 Å². The molecular formula is C6HBr2I3O. The fourth-order valence-electron chi connectivity index (χ4n) is 0.593. The van der Waals surface area contributed by atoms with Crippen LogP contribution in [0, 0.1) is 10.7 Å². The van der Waals surface area contributed by atoms with Crippen LogP contribution in [-0.4, -0.2) is 5.11 Å². The van der Waals surface area contributed by atoms with Crippen molar-refractivity contribution in [2.24, 2.45) is 0 Å². The van der Waals surface area contributed by atoms with E-state index in [9.17, 15) is 5.11 Å². The molecule has 12 heavy (non-hydrogen) atoms. The predicted octanol–water partition coefficient (Wildman–Crippen LogP) is 4.73. The number of hydrogen-bond acceptors (Lipinski definition) is 1. The Kier molecular flexibility index (Phi) is 4.89. The Morgan fingerprint density at radius 2 is 1.17 bits per heavy atom. The summed E-state index contributed by atoms with van der Waals surface area (Å²) in [5, 5.41) is 9.61. The average Bonchev–Trinajstić information content (AvgIpc) is 2.08. The van der Waals surface area contributed by atoms with Gasteiger partial charge in [0, 0.05) is 12.5 Å². The Balaban J connectivity index is 3.60. The first-order valence-electron chi connectivity index (χ1n) is 2.67. The van der Waals surface area contributed by atoms with Gasteiger partial charge in [-0.2, -0.15) is 0 Å². The third kappa shape index (κ3) is 2.22. The zero-order valence-corrected chi connectivity index (χ0v) is 15.0. The Morgan fingerprint density at radius 1 is 0.833 bits per heavy atom. The van der Waals surface area contributed by atoms with E-state index in [0.717, 1.165) is 19.7 Å². The van der Waals surface area contributed by atoms with E-state index < -0.39 is 0 Å². The molecule has 0 radical (unpaired) electrons. The number of phenols is 1. The van der Waals surface area contributed by atoms with E-state index in [1.807, 2.05) is 0 Å². The standard InChI is InChI=1S/C6HBr2I3O/c7-1-3(9)2(8)5(11)6(12)4(1)10/h12H. The van der Waals surface area contributed by atoms with Gasteiger partial charge in [0.15, 0.2) is 0 Å². The normalized spacial score (nSPS) is 10.4. The van der Waals surface area contributed by atoms with E-state index in [4.69, 9.17) is 0 Å². The smallest absolute Gasteiger partial charge is 0.144 e. The lowest BCUT2D eigenvalue weighted by atomic mass is 10.3. The van der Waals surface area contributed by atoms with Gasteiger partial charge in [-0.05, 0) is 99.6 Å². The van der Waals surface area contributed by atoms with Gasteiger partial charge in [-0.3, -0.25) is 0 Å². The Labute approximate surface area is 128 Å². The number of rotatable bonds is 0. The summed E-state index contributed by atoms with van der Waals surface area (Å²) in [6, 6.07) is 0. The van der Waals surface area contributed by atoms with Gasteiger partial charge in [0.2, 0.25) is 0 Å². The van der Waals surface area contributed by atoms with Crippen LogP contribution in [0.1, 0.15) is 0 Å². The molecule has 0 aliphatic rings. The molecule has 0 unspecified atom stereocenters. The van der Waals surface area contributed by atoms with Crippen LogP contribution in [0.25, 0.3) is 0 Å². The molecule has 66 valence electrons. The van der Waals surface area contributed by atoms with Crippen molar-refractivity contribution < 1.29 is 5.11 Å². The van der Waals surface area contributed by atoms with Crippen molar-refractivity contribution in [3.8, 4) is 5.75 Å². The van der Waals surface area contributed by atoms with Gasteiger partial charge in [0.25, 0.3) is 0 Å². The molecule has 0 bridgehead atoms. The summed E-state index contributed by atoms with van der Waals surface area (Å²) in [7, 11) is 0. The summed E-state index contributed by atoms with van der Waals surface area (Å²) in [6.07, 6.45) is 0. The number of phenolic OH excluding ortho intramolecular Hbond substituents is 1. The van der Waals surface area contributed by atoms with Gasteiger partial charge >= 0.3 is 0 Å². The second-order valence-electron chi connectivity index (χ2n) is 1.92. The molecule has 0 aliphatic heterocycles. The molecule has 1 rings (SSSR count). The Bertz CT molecular complexity index is 235. The first-order valence-corrected chi connectivity index (χ1v) is 7.49. The monoisotopic (exact) mass is 628 g/mol. The molecule has 1 aromatic rings. The highest BCUT2D eigenvalue weighted by atomic mass is 127. The van der Waals surface area contributed by atoms with Crippen molar-refractivity contribution in [3.05, 3.63) is 19.7 Å². The molecule has 0 amide bonds. The Hall–Kier alpha value is 2.17. The van der Waals surface area contributed by atoms with E-state index in [-0.39, 0.29) is 0 Å². The molecular weight excluding hydrogens is 629 g/mol. The van der Waals surface area contributed by atoms with Crippen LogP contribution in [0.15, 0.2) is 8.95 Å². The van der Waals surface area contributed by atoms with Crippen LogP contribution < -0.4 is 0 Å². The Morgan fingerprint density at radius 3 is 1.50 bits per heavy atom. The predicted molar refractivity (Wildman–Crippen MR) is 81.7 cm³/mol. The first-order chi connectivity index (χ1) is 5.46. The van der Waals surface area contributed by atoms with E-state index >= 15 is 0 Å². The topological polar surface area (TPSA) is 20.2 Å². The highest BCUT2D eigenvalue weighted by Gasteiger charge is 2.15. The number of aromatic hydroxyl groups is 1. The quantitative estimate of drug-likeness (QED) is 0.250. The number of benzene rings is 1. The fraction of sp³-hybridized carbons (Fsp3) is 0. The molecule has 0 heterocycles. The summed E-state index contributed by atoms with van der Waals surface area (Å²) in [5.41, 5.74) is 0. The van der Waals surface area contributed by atoms with Crippen LogP contribution >= 0.6 is 99.6 Å². The molecule has 0 saturated heterocycles. The molecule has 1 aromatic carbocycles. The van der Waals surface area contributed by atoms with Crippen LogP contribution in [-0.2, 0) is 0 Å². The van der Waals surface area contributed by atoms with Crippen molar-refractivity contribution in [1.82, 2.24) is 0 Å². The van der Waals surface area contributed by atoms with Crippen LogP contribution in [0.3, 0.4) is 0 Å². The molecule has 0 aromatic heterocycles. The zero-order valence-electron chi connectivity index (χ0n) is 5.34. The maximum atomic E-state index is 9.61. The minimum absolute atomic E-state index is 0.329. The van der Waals surface area contributed by atoms with E-state index in [1.54, 1.807) is 0 Å². The minimum Gasteiger partial charge on any atom is -0.506 e. The number of hydrogen-bond donors (Lipinski definition) is 1. The van der Waals surface area contributed by atoms with Crippen molar-refractivity contribution in [2.75, 3.05) is 0 Å². The van der Waals surface area contributed by atoms with Gasteiger partial charge in [-0.1, -0.05) is 0 Å². The molecule has 1 N–H and O–H groups in total. The lowest BCUT2D eigenvalue weighted by Crippen LogP contribution is -1.89. The summed E-state index contributed by atoms with van der Waals surface area (Å²) in [4.78, 5) is 0. The second-order valence-corrected chi connectivity index (χ2v) is 6.74. The molecule has 0 spiro atoms. The lowest BCUT2D eigenvalue weighted by molar-refractivity contribution is 0.466. The SMILES string of the molecule is Oc1c(I)c(Br)c(I)c(Br)c1I. The first kappa shape index (κ1) is 12.2. The molecule has 6 heteroatoms. The van der Waals surface area contributed by atoms with E-state index in [2.05, 4.69) is 99.6 Å². The molecule has 0 aliphatic carbocycles. The molecule has 0 saturated carbocycles. The highest BCUT2D eigenvalue weighted by Crippen LogP contribution is 2.41. The van der Waals surface area contributed by atoms with Crippen molar-refractivity contribution in [1.29, 1.82) is 0 Å². The van der Waals surface area contributed by atoms with Crippen molar-refractivity contribution in [2.45, 2.75) is 0 Å². The zero-order chi connectivity index (χ0) is 9.46. The summed E-state index contributed by atoms with van der Waals surface area (Å²) in [6.45, 7) is 0. The second kappa shape index (κ2) is 4.79. The minimum atomic E-state index is 0.329. The largest absolute Gasteiger partial charge is 0.506 e. The van der Waals surface area contributed by atoms with Crippen LogP contribution in [0.5, 0.6) is 5.75 Å². The summed E-state index contributed by atoms with van der Waals surface area (Å²) >= 11 is 13.3. The van der Waals surface area contributed by atoms with Crippen molar-refractivity contribution >= 4 is 99.6 Å². The molecule has 1 nitrogen and oxygen atoms in total. The van der Waals surface area contributed by atoms with Gasteiger partial charge in [-0.15, -0.1) is 0 Å². The lowest BCUT2D eigenvalue weighted by Gasteiger charge is -2.08. The number of halogens is 5. The fourth-order valence-corrected chi connectivity index (χ4v) is 4.80. The van der Waals surface area contributed by atoms with E-state index in [1.165, 1.54) is 0 Å². The van der Waals surface area contributed by atoms with Crippen LogP contribution in [0.2, 0.25) is 0 Å². The third-order valence-corrected chi connectivity index (χ3v) is 8.92. The van der Waals surface area contributed by atoms with E-state index in [0.29, 0.717) is 5.75 Å². The van der Waals surface area contributed by atoms with Gasteiger partial charge in [-0.25, -0.2) is 0 Å². The maximum Gasteiger partial charge on any atom is 0.144 e. The maximum absolute atomic E-state index is 9.61. The van der Waals surface area contributed by atoms with Crippen LogP contribution in [0.4, 0.5) is 0 Å². The highest BCUT2D eigenvalue weighted by molar-refractivity contribution is 14.1. The summed E-state index contributed by atoms with van der Waals surface area (Å²) < 4.78 is 4.66.